The van der Waals surface area contributed by atoms with Gasteiger partial charge in [-0.3, -0.25) is 14.6 Å². The zero-order valence-corrected chi connectivity index (χ0v) is 37.7. The lowest BCUT2D eigenvalue weighted by molar-refractivity contribution is -0.135. The van der Waals surface area contributed by atoms with Crippen LogP contribution in [-0.4, -0.2) is 116 Å². The first-order valence-corrected chi connectivity index (χ1v) is 23.2. The lowest BCUT2D eigenvalue weighted by atomic mass is 9.96. The number of methoxy groups -OCH3 is 1. The standard InChI is InChI=1S/C43H80BN3O6Si/c1-13-14-25-45-26-21-16-15-18-22-36(8)29-37(9)23-19-17-20-24-42(48)46(10)27-28-47(11)43(49)31-38(33(2)3)53-54(34(4)5,35(6)7)51-32-40-39(50-12)30-41(44)52-40/h26,33-35,38-41H,13-25,27-28,30-32H2,1-12H3/t29?,38?,39?,40-,41-/m1/s1. The highest BCUT2D eigenvalue weighted by molar-refractivity contribution is 6.70. The van der Waals surface area contributed by atoms with Gasteiger partial charge in [0.05, 0.1) is 25.2 Å². The van der Waals surface area contributed by atoms with Gasteiger partial charge in [0.15, 0.2) is 0 Å². The lowest BCUT2D eigenvalue weighted by Crippen LogP contribution is -2.53. The summed E-state index contributed by atoms with van der Waals surface area (Å²) >= 11 is 0. The van der Waals surface area contributed by atoms with Gasteiger partial charge in [-0.15, -0.1) is 5.73 Å². The maximum atomic E-state index is 13.5. The minimum atomic E-state index is -2.82. The van der Waals surface area contributed by atoms with Crippen molar-refractivity contribution in [3.8, 4) is 0 Å². The van der Waals surface area contributed by atoms with Crippen molar-refractivity contribution in [2.75, 3.05) is 47.4 Å². The molecule has 0 aromatic carbocycles. The van der Waals surface area contributed by atoms with Gasteiger partial charge in [-0.1, -0.05) is 67.7 Å². The average Bonchev–Trinajstić information content (AvgIpc) is 3.49. The fourth-order valence-corrected chi connectivity index (χ4v) is 10.8. The highest BCUT2D eigenvalue weighted by Crippen LogP contribution is 2.38. The summed E-state index contributed by atoms with van der Waals surface area (Å²) in [6, 6.07) is -0.366. The van der Waals surface area contributed by atoms with E-state index in [2.05, 4.69) is 79.3 Å². The van der Waals surface area contributed by atoms with E-state index in [0.29, 0.717) is 32.5 Å². The molecule has 0 bridgehead atoms. The molecule has 1 fully saturated rings. The molecule has 0 aromatic rings. The summed E-state index contributed by atoms with van der Waals surface area (Å²) in [6.07, 6.45) is 15.1. The molecule has 0 saturated carbocycles. The van der Waals surface area contributed by atoms with E-state index in [9.17, 15) is 9.59 Å². The maximum absolute atomic E-state index is 13.5. The van der Waals surface area contributed by atoms with Crippen LogP contribution in [0, 0.1) is 5.92 Å². The molecular weight excluding hydrogens is 693 g/mol. The van der Waals surface area contributed by atoms with Crippen LogP contribution in [-0.2, 0) is 27.9 Å². The SMILES string of the molecule is [B][C@H]1CC(OC)[C@@H](CO[Si](OC(CC(=O)N(C)CCN(C)C(=O)CCCCCC(C)=C=C(C)CCCCCC=NCCCC)C(C)C)(C(C)C)C(C)C)O1. The van der Waals surface area contributed by atoms with Crippen molar-refractivity contribution < 1.29 is 27.9 Å². The number of ether oxygens (including phenoxy) is 2. The molecule has 1 aliphatic heterocycles. The third kappa shape index (κ3) is 19.4. The number of aliphatic imine (C=N–C) groups is 1. The Morgan fingerprint density at radius 2 is 1.46 bits per heavy atom. The molecule has 9 nitrogen and oxygen atoms in total. The smallest absolute Gasteiger partial charge is 0.343 e. The molecule has 0 spiro atoms. The van der Waals surface area contributed by atoms with Gasteiger partial charge in [0, 0.05) is 53.3 Å². The summed E-state index contributed by atoms with van der Waals surface area (Å²) in [6.45, 7) is 21.6. The molecule has 1 rings (SSSR count). The second-order valence-electron chi connectivity index (χ2n) is 16.6. The van der Waals surface area contributed by atoms with E-state index in [1.807, 2.05) is 14.1 Å². The second kappa shape index (κ2) is 27.8. The molecule has 310 valence electrons. The van der Waals surface area contributed by atoms with E-state index in [1.165, 1.54) is 43.3 Å². The number of nitrogens with zero attached hydrogens (tertiary/aromatic N) is 3. The van der Waals surface area contributed by atoms with Gasteiger partial charge >= 0.3 is 8.56 Å². The Kier molecular flexibility index (Phi) is 25.9. The van der Waals surface area contributed by atoms with Crippen LogP contribution in [0.4, 0.5) is 0 Å². The Labute approximate surface area is 334 Å². The molecule has 2 radical (unpaired) electrons. The molecule has 2 unspecified atom stereocenters. The van der Waals surface area contributed by atoms with E-state index in [1.54, 1.807) is 16.9 Å². The van der Waals surface area contributed by atoms with Crippen LogP contribution in [0.25, 0.3) is 0 Å². The van der Waals surface area contributed by atoms with E-state index in [4.69, 9.17) is 26.2 Å². The van der Waals surface area contributed by atoms with Crippen LogP contribution < -0.4 is 0 Å². The first kappa shape index (κ1) is 50.3. The molecule has 1 saturated heterocycles. The number of amides is 2. The number of likely N-dealkylation sites (N-methyl/N-ethyl adjacent to an activating group) is 2. The number of hydrogen-bond donors (Lipinski definition) is 0. The van der Waals surface area contributed by atoms with E-state index in [-0.39, 0.29) is 59.6 Å². The predicted molar refractivity (Wildman–Crippen MR) is 228 cm³/mol. The topological polar surface area (TPSA) is 89.9 Å². The maximum Gasteiger partial charge on any atom is 0.343 e. The van der Waals surface area contributed by atoms with Crippen molar-refractivity contribution in [1.29, 1.82) is 0 Å². The van der Waals surface area contributed by atoms with Crippen LogP contribution in [0.3, 0.4) is 0 Å². The molecule has 4 atom stereocenters. The fraction of sp³-hybridized carbons (Fsp3) is 0.860. The predicted octanol–water partition coefficient (Wildman–Crippen LogP) is 9.18. The number of carbonyl (C=O) groups is 2. The summed E-state index contributed by atoms with van der Waals surface area (Å²) in [5, 5.41) is 0. The summed E-state index contributed by atoms with van der Waals surface area (Å²) in [4.78, 5) is 34.3. The quantitative estimate of drug-likeness (QED) is 0.0326. The van der Waals surface area contributed by atoms with Crippen molar-refractivity contribution in [2.45, 2.75) is 188 Å². The molecule has 0 aromatic heterocycles. The third-order valence-corrected chi connectivity index (χ3v) is 15.2. The van der Waals surface area contributed by atoms with Gasteiger partial charge in [0.2, 0.25) is 11.8 Å². The minimum absolute atomic E-state index is 0.00496. The van der Waals surface area contributed by atoms with Gasteiger partial charge in [-0.25, -0.2) is 0 Å². The lowest BCUT2D eigenvalue weighted by Gasteiger charge is -2.42. The monoisotopic (exact) mass is 774 g/mol. The van der Waals surface area contributed by atoms with Crippen molar-refractivity contribution in [1.82, 2.24) is 9.80 Å². The summed E-state index contributed by atoms with van der Waals surface area (Å²) in [5.74, 6) is 0.243. The summed E-state index contributed by atoms with van der Waals surface area (Å²) < 4.78 is 25.2. The number of hydrogen-bond acceptors (Lipinski definition) is 7. The molecule has 11 heteroatoms. The molecule has 0 N–H and O–H groups in total. The molecule has 0 aliphatic carbocycles. The van der Waals surface area contributed by atoms with Gasteiger partial charge in [-0.2, -0.15) is 0 Å². The first-order chi connectivity index (χ1) is 25.6. The summed E-state index contributed by atoms with van der Waals surface area (Å²) in [7, 11) is 8.55. The fourth-order valence-electron chi connectivity index (χ4n) is 6.95. The van der Waals surface area contributed by atoms with E-state index >= 15 is 0 Å². The summed E-state index contributed by atoms with van der Waals surface area (Å²) in [5.41, 5.74) is 6.54. The Morgan fingerprint density at radius 3 is 2.02 bits per heavy atom. The van der Waals surface area contributed by atoms with E-state index in [0.717, 1.165) is 45.1 Å². The Balaban J connectivity index is 2.51. The van der Waals surface area contributed by atoms with Crippen LogP contribution in [0.15, 0.2) is 21.9 Å². The third-order valence-electron chi connectivity index (χ3n) is 10.7. The van der Waals surface area contributed by atoms with Crippen molar-refractivity contribution in [2.24, 2.45) is 10.9 Å². The normalized spacial score (nSPS) is 18.2. The van der Waals surface area contributed by atoms with E-state index < -0.39 is 8.56 Å². The minimum Gasteiger partial charge on any atom is -0.391 e. The largest absolute Gasteiger partial charge is 0.391 e. The molecule has 2 amide bonds. The Hall–Kier alpha value is -1.75. The van der Waals surface area contributed by atoms with Crippen molar-refractivity contribution in [3.63, 3.8) is 0 Å². The molecule has 1 aliphatic rings. The number of rotatable bonds is 29. The van der Waals surface area contributed by atoms with Crippen molar-refractivity contribution >= 4 is 34.4 Å². The number of unbranched alkanes of at least 4 members (excludes halogenated alkanes) is 6. The Morgan fingerprint density at radius 1 is 0.889 bits per heavy atom. The zero-order chi connectivity index (χ0) is 40.7. The zero-order valence-electron chi connectivity index (χ0n) is 36.7. The molecule has 1 heterocycles. The Bertz CT molecular complexity index is 1150. The van der Waals surface area contributed by atoms with Crippen LogP contribution >= 0.6 is 0 Å². The molecular formula is C43H80BN3O6Si. The van der Waals surface area contributed by atoms with Gasteiger partial charge < -0.3 is 28.1 Å². The van der Waals surface area contributed by atoms with Crippen LogP contribution in [0.1, 0.15) is 152 Å². The highest BCUT2D eigenvalue weighted by Gasteiger charge is 2.49. The highest BCUT2D eigenvalue weighted by atomic mass is 28.4. The first-order valence-electron chi connectivity index (χ1n) is 21.2. The van der Waals surface area contributed by atoms with Gasteiger partial charge in [-0.05, 0) is 106 Å². The van der Waals surface area contributed by atoms with Crippen molar-refractivity contribution in [3.05, 3.63) is 16.9 Å². The second-order valence-corrected chi connectivity index (χ2v) is 20.9. The van der Waals surface area contributed by atoms with Gasteiger partial charge in [0.25, 0.3) is 0 Å². The van der Waals surface area contributed by atoms with Crippen LogP contribution in [0.2, 0.25) is 11.1 Å². The molecule has 54 heavy (non-hydrogen) atoms. The number of allylic oxidation sites excluding steroid dienone is 1. The average molecular weight is 774 g/mol. The number of carbonyl (C=O) groups excluding carboxylic acids is 2. The van der Waals surface area contributed by atoms with Gasteiger partial charge in [0.1, 0.15) is 14.0 Å². The van der Waals surface area contributed by atoms with Crippen LogP contribution in [0.5, 0.6) is 0 Å².